The molecule has 0 aliphatic heterocycles. The summed E-state index contributed by atoms with van der Waals surface area (Å²) in [6.07, 6.45) is 0. The molecule has 3 N–H and O–H groups in total. The maximum Gasteiger partial charge on any atom is 0.168 e. The number of benzene rings is 2. The molecule has 0 aliphatic rings. The fourth-order valence-electron chi connectivity index (χ4n) is 1.52. The smallest absolute Gasteiger partial charge is 0.168 e. The molecule has 0 radical (unpaired) electrons. The molecule has 0 fully saturated rings. The van der Waals surface area contributed by atoms with Gasteiger partial charge in [-0.05, 0) is 43.4 Å². The molecule has 3 nitrogen and oxygen atoms in total. The highest BCUT2D eigenvalue weighted by Gasteiger charge is 2.04. The van der Waals surface area contributed by atoms with Crippen molar-refractivity contribution in [3.63, 3.8) is 0 Å². The summed E-state index contributed by atoms with van der Waals surface area (Å²) in [7, 11) is 0. The number of rotatable bonds is 3. The summed E-state index contributed by atoms with van der Waals surface area (Å²) in [6, 6.07) is 15.4. The average molecular weight is 258 g/mol. The number of hydrogen-bond donors (Lipinski definition) is 2. The quantitative estimate of drug-likeness (QED) is 0.828. The molecule has 2 aromatic carbocycles. The number of thiocarbonyl (C=S) groups is 1. The average Bonchev–Trinajstić information content (AvgIpc) is 2.34. The van der Waals surface area contributed by atoms with Crippen LogP contribution in [0.3, 0.4) is 0 Å². The summed E-state index contributed by atoms with van der Waals surface area (Å²) >= 11 is 4.83. The Morgan fingerprint density at radius 1 is 1.11 bits per heavy atom. The van der Waals surface area contributed by atoms with Crippen molar-refractivity contribution in [1.82, 2.24) is 0 Å². The summed E-state index contributed by atoms with van der Waals surface area (Å²) in [5.74, 6) is 1.46. The van der Waals surface area contributed by atoms with Crippen molar-refractivity contribution in [1.29, 1.82) is 0 Å². The zero-order chi connectivity index (χ0) is 13.0. The number of para-hydroxylation sites is 2. The van der Waals surface area contributed by atoms with E-state index in [1.807, 2.05) is 55.5 Å². The van der Waals surface area contributed by atoms with Gasteiger partial charge in [0, 0.05) is 0 Å². The Balaban J connectivity index is 2.23. The Bertz CT molecular complexity index is 552. The van der Waals surface area contributed by atoms with Crippen LogP contribution in [0.1, 0.15) is 5.56 Å². The van der Waals surface area contributed by atoms with Crippen molar-refractivity contribution in [3.8, 4) is 11.5 Å². The number of anilines is 1. The molecule has 0 atom stereocenters. The van der Waals surface area contributed by atoms with Gasteiger partial charge in [0.2, 0.25) is 0 Å². The fourth-order valence-corrected chi connectivity index (χ4v) is 1.63. The zero-order valence-electron chi connectivity index (χ0n) is 10.0. The second-order valence-corrected chi connectivity index (χ2v) is 4.34. The molecule has 0 unspecified atom stereocenters. The van der Waals surface area contributed by atoms with Gasteiger partial charge in [-0.15, -0.1) is 0 Å². The summed E-state index contributed by atoms with van der Waals surface area (Å²) in [6.45, 7) is 2.03. The highest BCUT2D eigenvalue weighted by atomic mass is 32.1. The number of ether oxygens (including phenoxy) is 1. The summed E-state index contributed by atoms with van der Waals surface area (Å²) in [5.41, 5.74) is 7.42. The van der Waals surface area contributed by atoms with Gasteiger partial charge in [0.15, 0.2) is 10.9 Å². The second kappa shape index (κ2) is 5.51. The van der Waals surface area contributed by atoms with Gasteiger partial charge in [-0.25, -0.2) is 0 Å². The van der Waals surface area contributed by atoms with Gasteiger partial charge < -0.3 is 15.8 Å². The van der Waals surface area contributed by atoms with E-state index < -0.39 is 0 Å². The lowest BCUT2D eigenvalue weighted by Gasteiger charge is -2.11. The molecule has 18 heavy (non-hydrogen) atoms. The summed E-state index contributed by atoms with van der Waals surface area (Å²) in [4.78, 5) is 0. The van der Waals surface area contributed by atoms with E-state index in [1.54, 1.807) is 0 Å². The second-order valence-electron chi connectivity index (χ2n) is 3.90. The van der Waals surface area contributed by atoms with Crippen LogP contribution < -0.4 is 15.8 Å². The first-order chi connectivity index (χ1) is 8.65. The number of nitrogens with one attached hydrogen (secondary N) is 1. The summed E-state index contributed by atoms with van der Waals surface area (Å²) in [5, 5.41) is 3.11. The minimum atomic E-state index is 0.218. The van der Waals surface area contributed by atoms with Crippen LogP contribution in [0.2, 0.25) is 0 Å². The van der Waals surface area contributed by atoms with Gasteiger partial charge in [0.05, 0.1) is 5.69 Å². The molecular formula is C14H14N2OS. The Hall–Kier alpha value is -2.07. The minimum absolute atomic E-state index is 0.218. The highest BCUT2D eigenvalue weighted by Crippen LogP contribution is 2.29. The van der Waals surface area contributed by atoms with Crippen LogP contribution >= 0.6 is 12.2 Å². The van der Waals surface area contributed by atoms with E-state index in [2.05, 4.69) is 5.32 Å². The van der Waals surface area contributed by atoms with Crippen molar-refractivity contribution in [3.05, 3.63) is 54.1 Å². The topological polar surface area (TPSA) is 47.3 Å². The third-order valence-electron chi connectivity index (χ3n) is 2.39. The van der Waals surface area contributed by atoms with E-state index in [1.165, 1.54) is 5.56 Å². The van der Waals surface area contributed by atoms with E-state index >= 15 is 0 Å². The van der Waals surface area contributed by atoms with Crippen LogP contribution in [0.15, 0.2) is 48.5 Å². The minimum Gasteiger partial charge on any atom is -0.455 e. The molecule has 0 saturated heterocycles. The molecule has 0 aromatic heterocycles. The number of nitrogens with two attached hydrogens (primary N) is 1. The third-order valence-corrected chi connectivity index (χ3v) is 2.50. The van der Waals surface area contributed by atoms with Crippen LogP contribution in [0, 0.1) is 6.92 Å². The molecule has 2 rings (SSSR count). The van der Waals surface area contributed by atoms with Crippen molar-refractivity contribution in [2.24, 2.45) is 5.73 Å². The molecule has 0 spiro atoms. The number of hydrogen-bond acceptors (Lipinski definition) is 2. The zero-order valence-corrected chi connectivity index (χ0v) is 10.8. The normalized spacial score (nSPS) is 9.83. The Kier molecular flexibility index (Phi) is 3.79. The van der Waals surface area contributed by atoms with Crippen molar-refractivity contribution in [2.45, 2.75) is 6.92 Å². The number of aryl methyl sites for hydroxylation is 1. The van der Waals surface area contributed by atoms with Gasteiger partial charge >= 0.3 is 0 Å². The van der Waals surface area contributed by atoms with Crippen LogP contribution in [0.5, 0.6) is 11.5 Å². The lowest BCUT2D eigenvalue weighted by Crippen LogP contribution is -2.19. The van der Waals surface area contributed by atoms with Gasteiger partial charge in [0.25, 0.3) is 0 Å². The lowest BCUT2D eigenvalue weighted by atomic mass is 10.2. The Morgan fingerprint density at radius 2 is 1.78 bits per heavy atom. The monoisotopic (exact) mass is 258 g/mol. The van der Waals surface area contributed by atoms with Crippen LogP contribution in [-0.4, -0.2) is 5.11 Å². The predicted molar refractivity (Wildman–Crippen MR) is 78.1 cm³/mol. The summed E-state index contributed by atoms with van der Waals surface area (Å²) < 4.78 is 5.79. The fraction of sp³-hybridized carbons (Fsp3) is 0.0714. The maximum absolute atomic E-state index is 5.79. The first kappa shape index (κ1) is 12.4. The maximum atomic E-state index is 5.79. The molecule has 2 aromatic rings. The van der Waals surface area contributed by atoms with Crippen LogP contribution in [-0.2, 0) is 0 Å². The van der Waals surface area contributed by atoms with E-state index in [0.29, 0.717) is 5.75 Å². The van der Waals surface area contributed by atoms with E-state index in [4.69, 9.17) is 22.7 Å². The van der Waals surface area contributed by atoms with Crippen molar-refractivity contribution >= 4 is 23.0 Å². The SMILES string of the molecule is Cc1ccc(Oc2ccccc2NC(N)=S)cc1. The first-order valence-electron chi connectivity index (χ1n) is 5.55. The molecule has 0 amide bonds. The largest absolute Gasteiger partial charge is 0.455 e. The van der Waals surface area contributed by atoms with E-state index in [-0.39, 0.29) is 5.11 Å². The first-order valence-corrected chi connectivity index (χ1v) is 5.96. The van der Waals surface area contributed by atoms with Crippen molar-refractivity contribution in [2.75, 3.05) is 5.32 Å². The molecular weight excluding hydrogens is 244 g/mol. The van der Waals surface area contributed by atoms with Gasteiger partial charge in [-0.3, -0.25) is 0 Å². The van der Waals surface area contributed by atoms with Crippen LogP contribution in [0.25, 0.3) is 0 Å². The predicted octanol–water partition coefficient (Wildman–Crippen LogP) is 3.44. The van der Waals surface area contributed by atoms with E-state index in [0.717, 1.165) is 11.4 Å². The molecule has 0 bridgehead atoms. The molecule has 0 aliphatic carbocycles. The van der Waals surface area contributed by atoms with Gasteiger partial charge in [0.1, 0.15) is 5.75 Å². The molecule has 92 valence electrons. The Morgan fingerprint density at radius 3 is 2.44 bits per heavy atom. The lowest BCUT2D eigenvalue weighted by molar-refractivity contribution is 0.485. The van der Waals surface area contributed by atoms with Gasteiger partial charge in [-0.2, -0.15) is 0 Å². The van der Waals surface area contributed by atoms with Crippen molar-refractivity contribution < 1.29 is 4.74 Å². The highest BCUT2D eigenvalue weighted by molar-refractivity contribution is 7.80. The van der Waals surface area contributed by atoms with E-state index in [9.17, 15) is 0 Å². The molecule has 0 heterocycles. The van der Waals surface area contributed by atoms with Crippen LogP contribution in [0.4, 0.5) is 5.69 Å². The molecule has 0 saturated carbocycles. The van der Waals surface area contributed by atoms with Gasteiger partial charge in [-0.1, -0.05) is 29.8 Å². The third kappa shape index (κ3) is 3.21. The standard InChI is InChI=1S/C14H14N2OS/c1-10-6-8-11(9-7-10)17-13-5-3-2-4-12(13)16-14(15)18/h2-9H,1H3,(H3,15,16,18). The Labute approximate surface area is 112 Å². The molecule has 4 heteroatoms.